The third kappa shape index (κ3) is 2.85. The van der Waals surface area contributed by atoms with E-state index in [0.29, 0.717) is 19.5 Å². The third-order valence-electron chi connectivity index (χ3n) is 2.98. The van der Waals surface area contributed by atoms with Crippen LogP contribution in [0.4, 0.5) is 14.5 Å². The molecular formula is C12H14F2N4O2. The van der Waals surface area contributed by atoms with Gasteiger partial charge in [-0.05, 0) is 18.6 Å². The fourth-order valence-electron chi connectivity index (χ4n) is 2.00. The van der Waals surface area contributed by atoms with E-state index in [0.717, 1.165) is 12.1 Å². The maximum Gasteiger partial charge on any atom is 0.254 e. The lowest BCUT2D eigenvalue weighted by atomic mass is 10.1. The topological polar surface area (TPSA) is 87.5 Å². The largest absolute Gasteiger partial charge is 0.354 e. The minimum Gasteiger partial charge on any atom is -0.354 e. The van der Waals surface area contributed by atoms with E-state index in [2.05, 4.69) is 5.32 Å². The average molecular weight is 284 g/mol. The molecule has 4 N–H and O–H groups in total. The summed E-state index contributed by atoms with van der Waals surface area (Å²) in [5.41, 5.74) is 1.22. The Balaban J connectivity index is 2.26. The number of hydrazine groups is 1. The lowest BCUT2D eigenvalue weighted by molar-refractivity contribution is -0.121. The van der Waals surface area contributed by atoms with Crippen molar-refractivity contribution >= 4 is 17.5 Å². The van der Waals surface area contributed by atoms with Gasteiger partial charge < -0.3 is 15.6 Å². The molecule has 0 saturated carbocycles. The van der Waals surface area contributed by atoms with Crippen molar-refractivity contribution in [2.45, 2.75) is 6.42 Å². The van der Waals surface area contributed by atoms with Gasteiger partial charge in [-0.15, -0.1) is 0 Å². The van der Waals surface area contributed by atoms with Gasteiger partial charge in [0.25, 0.3) is 5.91 Å². The van der Waals surface area contributed by atoms with Crippen LogP contribution in [0.2, 0.25) is 0 Å². The number of nitrogens with one attached hydrogen (secondary N) is 2. The summed E-state index contributed by atoms with van der Waals surface area (Å²) < 4.78 is 27.1. The summed E-state index contributed by atoms with van der Waals surface area (Å²) in [5, 5.41) is 2.61. The Hall–Kier alpha value is -2.22. The Morgan fingerprint density at radius 3 is 2.60 bits per heavy atom. The van der Waals surface area contributed by atoms with Crippen molar-refractivity contribution in [2.75, 3.05) is 25.1 Å². The molecule has 1 aromatic rings. The second-order valence-electron chi connectivity index (χ2n) is 4.39. The fourth-order valence-corrected chi connectivity index (χ4v) is 2.00. The number of benzene rings is 1. The Morgan fingerprint density at radius 1 is 1.35 bits per heavy atom. The molecule has 1 aliphatic heterocycles. The van der Waals surface area contributed by atoms with Crippen LogP contribution in [0.15, 0.2) is 12.1 Å². The van der Waals surface area contributed by atoms with Gasteiger partial charge in [0.1, 0.15) is 5.69 Å². The predicted molar refractivity (Wildman–Crippen MR) is 67.7 cm³/mol. The second-order valence-corrected chi connectivity index (χ2v) is 4.39. The molecule has 6 nitrogen and oxygen atoms in total. The number of nitrogens with two attached hydrogens (primary N) is 1. The number of carbonyl (C=O) groups is 2. The standard InChI is InChI=1S/C12H14F2N4O2/c13-8-4-7(5-9(14)11(8)17-15)12(20)18-3-1-2-16-10(19)6-18/h4-5,17H,1-3,6,15H2,(H,16,19). The first kappa shape index (κ1) is 14.2. The zero-order valence-electron chi connectivity index (χ0n) is 10.6. The number of halogens is 2. The van der Waals surface area contributed by atoms with Crippen molar-refractivity contribution in [3.8, 4) is 0 Å². The van der Waals surface area contributed by atoms with Crippen molar-refractivity contribution < 1.29 is 18.4 Å². The molecule has 1 aromatic carbocycles. The Kier molecular flexibility index (Phi) is 4.14. The Labute approximate surface area is 113 Å². The molecule has 0 aromatic heterocycles. The predicted octanol–water partition coefficient (Wildman–Crippen LogP) is 0.212. The zero-order valence-corrected chi connectivity index (χ0v) is 10.6. The van der Waals surface area contributed by atoms with E-state index < -0.39 is 23.2 Å². The molecule has 20 heavy (non-hydrogen) atoms. The number of nitrogen functional groups attached to an aromatic ring is 1. The fraction of sp³-hybridized carbons (Fsp3) is 0.333. The van der Waals surface area contributed by atoms with E-state index in [1.165, 1.54) is 4.90 Å². The van der Waals surface area contributed by atoms with Crippen LogP contribution < -0.4 is 16.6 Å². The number of carbonyl (C=O) groups excluding carboxylic acids is 2. The van der Waals surface area contributed by atoms with Gasteiger partial charge in [0.05, 0.1) is 6.54 Å². The van der Waals surface area contributed by atoms with Crippen LogP contribution >= 0.6 is 0 Å². The van der Waals surface area contributed by atoms with E-state index in [1.54, 1.807) is 0 Å². The van der Waals surface area contributed by atoms with Crippen molar-refractivity contribution in [3.63, 3.8) is 0 Å². The number of amides is 2. The number of anilines is 1. The van der Waals surface area contributed by atoms with Crippen LogP contribution in [0.25, 0.3) is 0 Å². The number of rotatable bonds is 2. The maximum atomic E-state index is 13.6. The molecule has 8 heteroatoms. The van der Waals surface area contributed by atoms with Crippen LogP contribution in [0, 0.1) is 11.6 Å². The van der Waals surface area contributed by atoms with Crippen LogP contribution in [-0.2, 0) is 4.79 Å². The van der Waals surface area contributed by atoms with Crippen molar-refractivity contribution in [3.05, 3.63) is 29.3 Å². The summed E-state index contributed by atoms with van der Waals surface area (Å²) in [4.78, 5) is 24.8. The molecule has 1 fully saturated rings. The third-order valence-corrected chi connectivity index (χ3v) is 2.98. The normalized spacial score (nSPS) is 15.6. The van der Waals surface area contributed by atoms with Crippen molar-refractivity contribution in [1.29, 1.82) is 0 Å². The highest BCUT2D eigenvalue weighted by atomic mass is 19.1. The van der Waals surface area contributed by atoms with Gasteiger partial charge in [-0.3, -0.25) is 15.4 Å². The molecule has 0 bridgehead atoms. The summed E-state index contributed by atoms with van der Waals surface area (Å²) in [5.74, 6) is 2.17. The highest BCUT2D eigenvalue weighted by Crippen LogP contribution is 2.20. The molecule has 0 spiro atoms. The first-order valence-electron chi connectivity index (χ1n) is 6.04. The van der Waals surface area contributed by atoms with E-state index >= 15 is 0 Å². The monoisotopic (exact) mass is 284 g/mol. The van der Waals surface area contributed by atoms with Gasteiger partial charge in [-0.2, -0.15) is 0 Å². The summed E-state index contributed by atoms with van der Waals surface area (Å²) in [6, 6.07) is 1.78. The molecule has 0 radical (unpaired) electrons. The number of hydrogen-bond acceptors (Lipinski definition) is 4. The number of hydrogen-bond donors (Lipinski definition) is 3. The van der Waals surface area contributed by atoms with Crippen LogP contribution in [0.1, 0.15) is 16.8 Å². The Morgan fingerprint density at radius 2 is 2.00 bits per heavy atom. The van der Waals surface area contributed by atoms with E-state index in [1.807, 2.05) is 5.43 Å². The lowest BCUT2D eigenvalue weighted by Crippen LogP contribution is -2.37. The second kappa shape index (κ2) is 5.83. The summed E-state index contributed by atoms with van der Waals surface area (Å²) in [7, 11) is 0. The molecule has 108 valence electrons. The van der Waals surface area contributed by atoms with Crippen LogP contribution in [-0.4, -0.2) is 36.3 Å². The van der Waals surface area contributed by atoms with E-state index in [4.69, 9.17) is 5.84 Å². The number of nitrogens with zero attached hydrogens (tertiary/aromatic N) is 1. The highest BCUT2D eigenvalue weighted by molar-refractivity contribution is 5.97. The van der Waals surface area contributed by atoms with Gasteiger partial charge in [-0.25, -0.2) is 8.78 Å². The first-order chi connectivity index (χ1) is 9.52. The minimum absolute atomic E-state index is 0.126. The van der Waals surface area contributed by atoms with Gasteiger partial charge in [0, 0.05) is 18.7 Å². The van der Waals surface area contributed by atoms with Crippen molar-refractivity contribution in [1.82, 2.24) is 10.2 Å². The molecule has 0 unspecified atom stereocenters. The molecule has 2 amide bonds. The summed E-state index contributed by atoms with van der Waals surface area (Å²) in [6.07, 6.45) is 0.588. The molecular weight excluding hydrogens is 270 g/mol. The average Bonchev–Trinajstić information content (AvgIpc) is 2.62. The van der Waals surface area contributed by atoms with Crippen molar-refractivity contribution in [2.24, 2.45) is 5.84 Å². The molecule has 0 aliphatic carbocycles. The lowest BCUT2D eigenvalue weighted by Gasteiger charge is -2.19. The molecule has 0 atom stereocenters. The van der Waals surface area contributed by atoms with E-state index in [9.17, 15) is 18.4 Å². The molecule has 1 heterocycles. The van der Waals surface area contributed by atoms with Crippen LogP contribution in [0.5, 0.6) is 0 Å². The van der Waals surface area contributed by atoms with Gasteiger partial charge in [-0.1, -0.05) is 0 Å². The van der Waals surface area contributed by atoms with Gasteiger partial charge >= 0.3 is 0 Å². The molecule has 2 rings (SSSR count). The van der Waals surface area contributed by atoms with Gasteiger partial charge in [0.15, 0.2) is 11.6 Å². The van der Waals surface area contributed by atoms with Crippen LogP contribution in [0.3, 0.4) is 0 Å². The molecule has 1 aliphatic rings. The summed E-state index contributed by atoms with van der Waals surface area (Å²) in [6.45, 7) is 0.692. The van der Waals surface area contributed by atoms with E-state index in [-0.39, 0.29) is 18.0 Å². The zero-order chi connectivity index (χ0) is 14.7. The summed E-state index contributed by atoms with van der Waals surface area (Å²) >= 11 is 0. The Bertz CT molecular complexity index is 527. The maximum absolute atomic E-state index is 13.6. The van der Waals surface area contributed by atoms with Gasteiger partial charge in [0.2, 0.25) is 5.91 Å². The first-order valence-corrected chi connectivity index (χ1v) is 6.04. The molecule has 1 saturated heterocycles. The highest BCUT2D eigenvalue weighted by Gasteiger charge is 2.23. The minimum atomic E-state index is -0.963. The SMILES string of the molecule is NNc1c(F)cc(C(=O)N2CCCNC(=O)C2)cc1F. The quantitative estimate of drug-likeness (QED) is 0.535. The smallest absolute Gasteiger partial charge is 0.254 e.